The summed E-state index contributed by atoms with van der Waals surface area (Å²) in [7, 11) is 1.52. The van der Waals surface area contributed by atoms with Gasteiger partial charge >= 0.3 is 5.97 Å². The van der Waals surface area contributed by atoms with E-state index in [0.717, 1.165) is 0 Å². The molecule has 0 aliphatic carbocycles. The molecule has 0 unspecified atom stereocenters. The Kier molecular flexibility index (Phi) is 1.63. The van der Waals surface area contributed by atoms with Crippen LogP contribution in [-0.4, -0.2) is 18.2 Å². The predicted molar refractivity (Wildman–Crippen MR) is 57.1 cm³/mol. The number of ether oxygens (including phenoxy) is 2. The van der Waals surface area contributed by atoms with Gasteiger partial charge in [-0.05, 0) is 24.3 Å². The van der Waals surface area contributed by atoms with Crippen LogP contribution in [0.4, 0.5) is 0 Å². The van der Waals surface area contributed by atoms with Gasteiger partial charge < -0.3 is 14.6 Å². The van der Waals surface area contributed by atoms with Gasteiger partial charge in [-0.1, -0.05) is 0 Å². The molecule has 0 saturated carbocycles. The summed E-state index contributed by atoms with van der Waals surface area (Å²) in [4.78, 5) is 11.5. The van der Waals surface area contributed by atoms with Gasteiger partial charge in [0.15, 0.2) is 0 Å². The number of carbonyl (C=O) groups excluding carboxylic acids is 1. The first kappa shape index (κ1) is 9.03. The summed E-state index contributed by atoms with van der Waals surface area (Å²) in [5, 5.41) is 10.9. The summed E-state index contributed by atoms with van der Waals surface area (Å²) < 4.78 is 10.2. The number of benzene rings is 2. The van der Waals surface area contributed by atoms with Gasteiger partial charge in [0.2, 0.25) is 0 Å². The third-order valence-electron chi connectivity index (χ3n) is 2.70. The predicted octanol–water partition coefficient (Wildman–Crippen LogP) is 2.09. The van der Waals surface area contributed by atoms with Gasteiger partial charge in [0, 0.05) is 5.39 Å². The van der Waals surface area contributed by atoms with Crippen LogP contribution in [0.3, 0.4) is 0 Å². The van der Waals surface area contributed by atoms with E-state index in [-0.39, 0.29) is 5.75 Å². The fraction of sp³-hybridized carbons (Fsp3) is 0.0833. The number of hydrogen-bond donors (Lipinski definition) is 1. The van der Waals surface area contributed by atoms with Crippen molar-refractivity contribution in [3.8, 4) is 17.2 Å². The van der Waals surface area contributed by atoms with E-state index in [1.165, 1.54) is 13.2 Å². The van der Waals surface area contributed by atoms with Crippen LogP contribution < -0.4 is 9.47 Å². The van der Waals surface area contributed by atoms with E-state index in [1.54, 1.807) is 18.2 Å². The minimum atomic E-state index is -0.395. The van der Waals surface area contributed by atoms with Crippen LogP contribution in [0.25, 0.3) is 10.8 Å². The summed E-state index contributed by atoms with van der Waals surface area (Å²) in [6.07, 6.45) is 0. The Morgan fingerprint density at radius 2 is 2.00 bits per heavy atom. The van der Waals surface area contributed by atoms with Gasteiger partial charge in [-0.2, -0.15) is 0 Å². The van der Waals surface area contributed by atoms with E-state index >= 15 is 0 Å². The molecule has 1 aliphatic rings. The Bertz CT molecular complexity index is 616. The van der Waals surface area contributed by atoms with Crippen LogP contribution in [0, 0.1) is 0 Å². The molecule has 0 bridgehead atoms. The molecule has 0 radical (unpaired) electrons. The Morgan fingerprint density at radius 3 is 2.75 bits per heavy atom. The molecule has 1 heterocycles. The summed E-state index contributed by atoms with van der Waals surface area (Å²) >= 11 is 0. The zero-order chi connectivity index (χ0) is 11.3. The molecule has 0 fully saturated rings. The molecular weight excluding hydrogens is 208 g/mol. The lowest BCUT2D eigenvalue weighted by Crippen LogP contribution is -2.00. The minimum Gasteiger partial charge on any atom is -0.507 e. The van der Waals surface area contributed by atoms with Gasteiger partial charge in [-0.25, -0.2) is 4.79 Å². The number of aromatic hydroxyl groups is 1. The lowest BCUT2D eigenvalue weighted by molar-refractivity contribution is 0.0754. The van der Waals surface area contributed by atoms with Gasteiger partial charge in [0.05, 0.1) is 18.1 Å². The molecule has 2 aromatic carbocycles. The molecule has 2 aromatic rings. The number of carbonyl (C=O) groups is 1. The smallest absolute Gasteiger partial charge is 0.344 e. The zero-order valence-corrected chi connectivity index (χ0v) is 8.48. The molecular formula is C12H8O4. The highest BCUT2D eigenvalue weighted by molar-refractivity contribution is 6.15. The third-order valence-corrected chi connectivity index (χ3v) is 2.70. The molecule has 0 atom stereocenters. The number of phenols is 1. The van der Waals surface area contributed by atoms with Crippen molar-refractivity contribution in [2.75, 3.05) is 7.11 Å². The van der Waals surface area contributed by atoms with Crippen molar-refractivity contribution >= 4 is 16.7 Å². The van der Waals surface area contributed by atoms with Gasteiger partial charge in [-0.15, -0.1) is 0 Å². The average molecular weight is 216 g/mol. The second-order valence-corrected chi connectivity index (χ2v) is 3.54. The highest BCUT2D eigenvalue weighted by Gasteiger charge is 2.26. The van der Waals surface area contributed by atoms with Crippen molar-refractivity contribution in [3.63, 3.8) is 0 Å². The molecule has 4 heteroatoms. The third kappa shape index (κ3) is 0.957. The fourth-order valence-corrected chi connectivity index (χ4v) is 2.00. The molecule has 80 valence electrons. The Morgan fingerprint density at radius 1 is 1.19 bits per heavy atom. The summed E-state index contributed by atoms with van der Waals surface area (Å²) in [5.41, 5.74) is 0.460. The first-order valence-corrected chi connectivity index (χ1v) is 4.77. The van der Waals surface area contributed by atoms with Crippen molar-refractivity contribution in [2.24, 2.45) is 0 Å². The maximum atomic E-state index is 11.5. The zero-order valence-electron chi connectivity index (χ0n) is 8.48. The molecule has 1 aliphatic heterocycles. The first-order valence-electron chi connectivity index (χ1n) is 4.77. The van der Waals surface area contributed by atoms with Crippen LogP contribution in [0.1, 0.15) is 10.4 Å². The number of esters is 1. The molecule has 4 nitrogen and oxygen atoms in total. The molecule has 3 rings (SSSR count). The standard InChI is InChI=1S/C12H8O4/c1-15-8-4-2-6-10-9(16-12(6)14)5-3-7(13)11(8)10/h2-5,13H,1H3. The normalized spacial score (nSPS) is 12.9. The minimum absolute atomic E-state index is 0.0794. The Balaban J connectivity index is 2.54. The maximum absolute atomic E-state index is 11.5. The average Bonchev–Trinajstić information content (AvgIpc) is 2.62. The van der Waals surface area contributed by atoms with Crippen LogP contribution in [0.2, 0.25) is 0 Å². The highest BCUT2D eigenvalue weighted by atomic mass is 16.5. The van der Waals surface area contributed by atoms with E-state index in [9.17, 15) is 9.90 Å². The summed E-state index contributed by atoms with van der Waals surface area (Å²) in [6, 6.07) is 6.35. The largest absolute Gasteiger partial charge is 0.507 e. The Hall–Kier alpha value is -2.23. The summed E-state index contributed by atoms with van der Waals surface area (Å²) in [5.74, 6) is 0.673. The fourth-order valence-electron chi connectivity index (χ4n) is 2.00. The van der Waals surface area contributed by atoms with Crippen molar-refractivity contribution in [2.45, 2.75) is 0 Å². The number of hydrogen-bond acceptors (Lipinski definition) is 4. The van der Waals surface area contributed by atoms with Crippen LogP contribution in [-0.2, 0) is 0 Å². The van der Waals surface area contributed by atoms with Crippen molar-refractivity contribution in [1.29, 1.82) is 0 Å². The molecule has 16 heavy (non-hydrogen) atoms. The van der Waals surface area contributed by atoms with Crippen LogP contribution in [0.15, 0.2) is 24.3 Å². The van der Waals surface area contributed by atoms with E-state index in [1.807, 2.05) is 0 Å². The number of phenolic OH excluding ortho intramolecular Hbond substituents is 1. The summed E-state index contributed by atoms with van der Waals surface area (Å²) in [6.45, 7) is 0. The lowest BCUT2D eigenvalue weighted by atomic mass is 10.0. The number of methoxy groups -OCH3 is 1. The monoisotopic (exact) mass is 216 g/mol. The lowest BCUT2D eigenvalue weighted by Gasteiger charge is -2.06. The second kappa shape index (κ2) is 2.88. The van der Waals surface area contributed by atoms with Crippen molar-refractivity contribution < 1.29 is 19.4 Å². The molecule has 1 N–H and O–H groups in total. The molecule has 0 aromatic heterocycles. The highest BCUT2D eigenvalue weighted by Crippen LogP contribution is 2.43. The van der Waals surface area contributed by atoms with Crippen LogP contribution >= 0.6 is 0 Å². The van der Waals surface area contributed by atoms with Crippen molar-refractivity contribution in [1.82, 2.24) is 0 Å². The Labute approximate surface area is 91.0 Å². The second-order valence-electron chi connectivity index (χ2n) is 3.54. The quantitative estimate of drug-likeness (QED) is 0.585. The van der Waals surface area contributed by atoms with E-state index in [0.29, 0.717) is 27.8 Å². The number of rotatable bonds is 1. The topological polar surface area (TPSA) is 55.8 Å². The van der Waals surface area contributed by atoms with E-state index in [4.69, 9.17) is 9.47 Å². The van der Waals surface area contributed by atoms with Crippen molar-refractivity contribution in [3.05, 3.63) is 29.8 Å². The van der Waals surface area contributed by atoms with Gasteiger partial charge in [0.25, 0.3) is 0 Å². The van der Waals surface area contributed by atoms with Crippen LogP contribution in [0.5, 0.6) is 17.2 Å². The van der Waals surface area contributed by atoms with Gasteiger partial charge in [0.1, 0.15) is 17.2 Å². The van der Waals surface area contributed by atoms with Gasteiger partial charge in [-0.3, -0.25) is 0 Å². The molecule has 0 saturated heterocycles. The van der Waals surface area contributed by atoms with E-state index < -0.39 is 5.97 Å². The molecule has 0 amide bonds. The molecule has 0 spiro atoms. The first-order chi connectivity index (χ1) is 7.72. The SMILES string of the molecule is COc1ccc2c3c(ccc(O)c13)OC2=O. The van der Waals surface area contributed by atoms with E-state index in [2.05, 4.69) is 0 Å². The maximum Gasteiger partial charge on any atom is 0.344 e.